The van der Waals surface area contributed by atoms with Gasteiger partial charge in [0.1, 0.15) is 11.7 Å². The molecule has 2 amide bonds. The number of anilines is 1. The van der Waals surface area contributed by atoms with Gasteiger partial charge in [-0.25, -0.2) is 4.98 Å². The normalized spacial score (nSPS) is 29.5. The van der Waals surface area contributed by atoms with Gasteiger partial charge in [-0.2, -0.15) is 0 Å². The molecular formula is C39H50N4O3. The summed E-state index contributed by atoms with van der Waals surface area (Å²) in [6.45, 7) is 11.7. The Labute approximate surface area is 274 Å². The first-order valence-corrected chi connectivity index (χ1v) is 17.7. The number of aliphatic hydroxyl groups is 1. The first-order chi connectivity index (χ1) is 22.1. The molecule has 2 heterocycles. The van der Waals surface area contributed by atoms with E-state index in [9.17, 15) is 14.7 Å². The number of nitrogens with zero attached hydrogens (tertiary/aromatic N) is 4. The van der Waals surface area contributed by atoms with Gasteiger partial charge in [0.15, 0.2) is 0 Å². The van der Waals surface area contributed by atoms with Crippen molar-refractivity contribution in [1.82, 2.24) is 14.8 Å². The van der Waals surface area contributed by atoms with E-state index in [1.54, 1.807) is 11.0 Å². The molecule has 1 N–H and O–H groups in total. The number of para-hydroxylation sites is 1. The van der Waals surface area contributed by atoms with Gasteiger partial charge in [-0.3, -0.25) is 9.59 Å². The zero-order chi connectivity index (χ0) is 32.2. The van der Waals surface area contributed by atoms with Gasteiger partial charge in [0.2, 0.25) is 5.91 Å². The molecule has 7 nitrogen and oxygen atoms in total. The number of fused-ring (bicyclic) bond motifs is 6. The maximum atomic E-state index is 13.8. The summed E-state index contributed by atoms with van der Waals surface area (Å²) in [5.41, 5.74) is 4.95. The monoisotopic (exact) mass is 622 g/mol. The number of pyridine rings is 1. The number of aryl methyl sites for hydroxylation is 1. The second-order valence-corrected chi connectivity index (χ2v) is 14.9. The zero-order valence-corrected chi connectivity index (χ0v) is 28.0. The summed E-state index contributed by atoms with van der Waals surface area (Å²) >= 11 is 0. The summed E-state index contributed by atoms with van der Waals surface area (Å²) in [6.07, 6.45) is 7.47. The van der Waals surface area contributed by atoms with Gasteiger partial charge in [0, 0.05) is 43.8 Å². The molecule has 4 aliphatic rings. The van der Waals surface area contributed by atoms with Gasteiger partial charge < -0.3 is 19.8 Å². The minimum absolute atomic E-state index is 0.00761. The number of rotatable bonds is 6. The van der Waals surface area contributed by atoms with Gasteiger partial charge in [0.25, 0.3) is 5.91 Å². The van der Waals surface area contributed by atoms with Crippen LogP contribution >= 0.6 is 0 Å². The Bertz CT molecular complexity index is 1630. The smallest absolute Gasteiger partial charge is 0.273 e. The van der Waals surface area contributed by atoms with E-state index in [0.29, 0.717) is 43.1 Å². The third-order valence-electron chi connectivity index (χ3n) is 12.6. The highest BCUT2D eigenvalue weighted by molar-refractivity contribution is 5.97. The fourth-order valence-corrected chi connectivity index (χ4v) is 9.62. The quantitative estimate of drug-likeness (QED) is 0.343. The average Bonchev–Trinajstić information content (AvgIpc) is 3.33. The first-order valence-electron chi connectivity index (χ1n) is 17.7. The van der Waals surface area contributed by atoms with E-state index < -0.39 is 11.6 Å². The Balaban J connectivity index is 1.02. The van der Waals surface area contributed by atoms with Gasteiger partial charge in [-0.1, -0.05) is 44.2 Å². The molecule has 3 fully saturated rings. The maximum Gasteiger partial charge on any atom is 0.273 e. The number of carbonyl (C=O) groups excluding carboxylic acids is 2. The highest BCUT2D eigenvalue weighted by Crippen LogP contribution is 2.64. The molecule has 7 heteroatoms. The lowest BCUT2D eigenvalue weighted by atomic mass is 9.53. The van der Waals surface area contributed by atoms with Crippen molar-refractivity contribution in [2.24, 2.45) is 17.3 Å². The lowest BCUT2D eigenvalue weighted by Crippen LogP contribution is -2.55. The van der Waals surface area contributed by atoms with Crippen molar-refractivity contribution in [2.75, 3.05) is 37.6 Å². The Morgan fingerprint density at radius 3 is 2.57 bits per heavy atom. The minimum atomic E-state index is -0.554. The topological polar surface area (TPSA) is 77.0 Å². The summed E-state index contributed by atoms with van der Waals surface area (Å²) in [7, 11) is 0. The Kier molecular flexibility index (Phi) is 8.11. The number of aromatic nitrogens is 1. The largest absolute Gasteiger partial charge is 0.390 e. The zero-order valence-electron chi connectivity index (χ0n) is 28.0. The third-order valence-corrected chi connectivity index (χ3v) is 12.6. The van der Waals surface area contributed by atoms with E-state index in [4.69, 9.17) is 0 Å². The van der Waals surface area contributed by atoms with Crippen LogP contribution in [0.15, 0.2) is 54.6 Å². The first kappa shape index (κ1) is 31.2. The van der Waals surface area contributed by atoms with Crippen LogP contribution in [-0.4, -0.2) is 76.1 Å². The van der Waals surface area contributed by atoms with Crippen LogP contribution in [0.3, 0.4) is 0 Å². The fraction of sp³-hybridized carbons (Fsp3) is 0.564. The van der Waals surface area contributed by atoms with Crippen molar-refractivity contribution in [3.05, 3.63) is 71.4 Å². The fourth-order valence-electron chi connectivity index (χ4n) is 9.62. The average molecular weight is 623 g/mol. The van der Waals surface area contributed by atoms with Crippen LogP contribution < -0.4 is 4.90 Å². The summed E-state index contributed by atoms with van der Waals surface area (Å²) < 4.78 is 0. The molecule has 3 aromatic rings. The van der Waals surface area contributed by atoms with Crippen molar-refractivity contribution >= 4 is 28.4 Å². The van der Waals surface area contributed by atoms with E-state index in [2.05, 4.69) is 41.9 Å². The van der Waals surface area contributed by atoms with E-state index >= 15 is 0 Å². The Hall–Kier alpha value is -3.45. The van der Waals surface area contributed by atoms with Gasteiger partial charge in [-0.15, -0.1) is 0 Å². The van der Waals surface area contributed by atoms with Gasteiger partial charge in [-0.05, 0) is 117 Å². The van der Waals surface area contributed by atoms with Crippen LogP contribution in [0, 0.1) is 17.3 Å². The van der Waals surface area contributed by atoms with Crippen LogP contribution in [-0.2, 0) is 11.2 Å². The Morgan fingerprint density at radius 1 is 1.00 bits per heavy atom. The Morgan fingerprint density at radius 2 is 1.78 bits per heavy atom. The van der Waals surface area contributed by atoms with Gasteiger partial charge >= 0.3 is 0 Å². The lowest BCUT2D eigenvalue weighted by Gasteiger charge is -2.52. The molecule has 244 valence electrons. The van der Waals surface area contributed by atoms with Crippen LogP contribution in [0.2, 0.25) is 0 Å². The number of amides is 2. The summed E-state index contributed by atoms with van der Waals surface area (Å²) in [6, 6.07) is 18.0. The molecular weight excluding hydrogens is 572 g/mol. The molecule has 7 rings (SSSR count). The molecule has 1 aliphatic heterocycles. The van der Waals surface area contributed by atoms with Crippen LogP contribution in [0.1, 0.15) is 93.8 Å². The number of hydrogen-bond donors (Lipinski definition) is 1. The minimum Gasteiger partial charge on any atom is -0.390 e. The molecule has 1 saturated heterocycles. The van der Waals surface area contributed by atoms with Crippen molar-refractivity contribution in [3.63, 3.8) is 0 Å². The van der Waals surface area contributed by atoms with Crippen molar-refractivity contribution in [1.29, 1.82) is 0 Å². The number of hydrogen-bond acceptors (Lipinski definition) is 5. The second kappa shape index (κ2) is 12.0. The predicted molar refractivity (Wildman–Crippen MR) is 183 cm³/mol. The highest BCUT2D eigenvalue weighted by Gasteiger charge is 2.59. The molecule has 6 atom stereocenters. The molecule has 46 heavy (non-hydrogen) atoms. The summed E-state index contributed by atoms with van der Waals surface area (Å²) in [5.74, 6) is 1.66. The molecule has 2 saturated carbocycles. The van der Waals surface area contributed by atoms with E-state index in [-0.39, 0.29) is 17.2 Å². The highest BCUT2D eigenvalue weighted by atomic mass is 16.3. The number of piperazine rings is 1. The number of benzene rings is 2. The third kappa shape index (κ3) is 5.19. The molecule has 3 aliphatic carbocycles. The SMILES string of the molecule is CCCN(C(=O)c1ccc2ccccc2n1)[C@@H](C)C(=O)N1CCN(c2ccc3c(c2)C2CC[C@@]4(C)C(CC[C@]4(C)O)[C@@H]2CC3)CC1. The standard InChI is InChI=1S/C39H50N4O3/c1-5-20-43(37(45)35-15-12-28-8-6-7-9-34(28)40-35)26(2)36(44)42-23-21-41(22-24-42)29-13-10-27-11-14-31-30(32(27)25-29)16-18-38(3)33(31)17-19-39(38,4)46/h6-10,12-13,15,25-26,30-31,33,46H,5,11,14,16-24H2,1-4H3/t26-,30?,31+,33?,38-,39-/m0/s1. The summed E-state index contributed by atoms with van der Waals surface area (Å²) in [4.78, 5) is 38.1. The van der Waals surface area contributed by atoms with E-state index in [1.807, 2.05) is 49.1 Å². The molecule has 0 bridgehead atoms. The molecule has 0 radical (unpaired) electrons. The van der Waals surface area contributed by atoms with Crippen molar-refractivity contribution in [3.8, 4) is 0 Å². The second-order valence-electron chi connectivity index (χ2n) is 14.9. The molecule has 2 aromatic carbocycles. The van der Waals surface area contributed by atoms with Gasteiger partial charge in [0.05, 0.1) is 11.1 Å². The molecule has 0 spiro atoms. The molecule has 1 aromatic heterocycles. The summed E-state index contributed by atoms with van der Waals surface area (Å²) in [5, 5.41) is 12.3. The van der Waals surface area contributed by atoms with Crippen LogP contribution in [0.4, 0.5) is 5.69 Å². The van der Waals surface area contributed by atoms with Crippen LogP contribution in [0.5, 0.6) is 0 Å². The van der Waals surface area contributed by atoms with Crippen molar-refractivity contribution in [2.45, 2.75) is 90.2 Å². The van der Waals surface area contributed by atoms with E-state index in [0.717, 1.165) is 62.5 Å². The number of carbonyl (C=O) groups is 2. The van der Waals surface area contributed by atoms with Crippen molar-refractivity contribution < 1.29 is 14.7 Å². The predicted octanol–water partition coefficient (Wildman–Crippen LogP) is 6.43. The van der Waals surface area contributed by atoms with E-state index in [1.165, 1.54) is 23.2 Å². The van der Waals surface area contributed by atoms with Crippen LogP contribution in [0.25, 0.3) is 10.9 Å². The lowest BCUT2D eigenvalue weighted by molar-refractivity contribution is -0.135. The maximum absolute atomic E-state index is 13.8. The molecule has 2 unspecified atom stereocenters.